The van der Waals surface area contributed by atoms with Crippen molar-refractivity contribution >= 4 is 36.0 Å². The molecule has 4 rings (SSSR count). The third-order valence-corrected chi connectivity index (χ3v) is 6.74. The molecule has 1 amide bonds. The van der Waals surface area contributed by atoms with E-state index in [-0.39, 0.29) is 17.2 Å². The van der Waals surface area contributed by atoms with Crippen molar-refractivity contribution in [2.75, 3.05) is 25.6 Å². The summed E-state index contributed by atoms with van der Waals surface area (Å²) in [5.41, 5.74) is 6.10. The standard InChI is InChI=1S/C23H31BN4O6/c1-22(2)23(3,4)34-24(33-22)18-9-8-14(11-16(18)21(30)31-5)26-20-17(19(25)29)12-28(27-20)15-7-6-10-32-13-15/h8-9,11-12,15H,6-7,10,13H2,1-5H3,(H2,25,29)(H,26,27)/t15-/m1/s1. The number of nitrogens with one attached hydrogen (secondary N) is 1. The van der Waals surface area contributed by atoms with Crippen LogP contribution >= 0.6 is 0 Å². The maximum Gasteiger partial charge on any atom is 0.495 e. The molecule has 10 nitrogen and oxygen atoms in total. The normalized spacial score (nSPS) is 21.3. The number of hydrogen-bond acceptors (Lipinski definition) is 8. The first-order valence-corrected chi connectivity index (χ1v) is 11.3. The molecule has 1 aromatic carbocycles. The van der Waals surface area contributed by atoms with Crippen LogP contribution in [-0.4, -0.2) is 60.3 Å². The van der Waals surface area contributed by atoms with Crippen molar-refractivity contribution in [3.8, 4) is 0 Å². The van der Waals surface area contributed by atoms with Crippen LogP contribution in [-0.2, 0) is 18.8 Å². The molecule has 2 fully saturated rings. The van der Waals surface area contributed by atoms with E-state index >= 15 is 0 Å². The van der Waals surface area contributed by atoms with Crippen LogP contribution in [0.1, 0.15) is 67.3 Å². The zero-order valence-electron chi connectivity index (χ0n) is 20.2. The number of ether oxygens (including phenoxy) is 2. The van der Waals surface area contributed by atoms with Crippen LogP contribution < -0.4 is 16.5 Å². The lowest BCUT2D eigenvalue weighted by Crippen LogP contribution is -2.41. The molecule has 34 heavy (non-hydrogen) atoms. The summed E-state index contributed by atoms with van der Waals surface area (Å²) in [6.45, 7) is 9.02. The van der Waals surface area contributed by atoms with Crippen molar-refractivity contribution in [1.82, 2.24) is 9.78 Å². The maximum atomic E-state index is 12.6. The summed E-state index contributed by atoms with van der Waals surface area (Å²) >= 11 is 0. The van der Waals surface area contributed by atoms with Crippen molar-refractivity contribution in [2.24, 2.45) is 5.73 Å². The third-order valence-electron chi connectivity index (χ3n) is 6.74. The van der Waals surface area contributed by atoms with Crippen LogP contribution in [0.5, 0.6) is 0 Å². The van der Waals surface area contributed by atoms with Gasteiger partial charge in [-0.25, -0.2) is 4.79 Å². The number of rotatable bonds is 6. The van der Waals surface area contributed by atoms with Gasteiger partial charge >= 0.3 is 13.1 Å². The van der Waals surface area contributed by atoms with Gasteiger partial charge in [-0.3, -0.25) is 9.48 Å². The van der Waals surface area contributed by atoms with E-state index in [1.54, 1.807) is 29.1 Å². The molecule has 0 aliphatic carbocycles. The van der Waals surface area contributed by atoms with Gasteiger partial charge < -0.3 is 29.8 Å². The monoisotopic (exact) mass is 470 g/mol. The summed E-state index contributed by atoms with van der Waals surface area (Å²) in [6, 6.07) is 5.16. The van der Waals surface area contributed by atoms with E-state index in [1.165, 1.54) is 7.11 Å². The number of carbonyl (C=O) groups is 2. The maximum absolute atomic E-state index is 12.6. The smallest absolute Gasteiger partial charge is 0.465 e. The summed E-state index contributed by atoms with van der Waals surface area (Å²) in [5.74, 6) is -0.835. The molecule has 3 heterocycles. The highest BCUT2D eigenvalue weighted by atomic mass is 16.7. The molecule has 3 N–H and O–H groups in total. The van der Waals surface area contributed by atoms with Gasteiger partial charge in [0.05, 0.1) is 36.5 Å². The largest absolute Gasteiger partial charge is 0.495 e. The van der Waals surface area contributed by atoms with Crippen molar-refractivity contribution < 1.29 is 28.4 Å². The van der Waals surface area contributed by atoms with Gasteiger partial charge in [-0.15, -0.1) is 0 Å². The SMILES string of the molecule is COC(=O)c1cc(Nc2nn([C@@H]3CCCOC3)cc2C(N)=O)ccc1B1OC(C)(C)C(C)(C)O1. The van der Waals surface area contributed by atoms with E-state index in [4.69, 9.17) is 24.5 Å². The number of anilines is 2. The van der Waals surface area contributed by atoms with E-state index in [0.717, 1.165) is 19.4 Å². The highest BCUT2D eigenvalue weighted by Gasteiger charge is 2.52. The molecule has 2 saturated heterocycles. The fourth-order valence-corrected chi connectivity index (χ4v) is 4.02. The Hall–Kier alpha value is -2.89. The predicted molar refractivity (Wildman–Crippen MR) is 127 cm³/mol. The summed E-state index contributed by atoms with van der Waals surface area (Å²) in [4.78, 5) is 24.7. The number of hydrogen-bond donors (Lipinski definition) is 2. The number of amides is 1. The number of nitrogens with zero attached hydrogens (tertiary/aromatic N) is 2. The Morgan fingerprint density at radius 1 is 1.21 bits per heavy atom. The first-order valence-electron chi connectivity index (χ1n) is 11.3. The molecule has 2 aliphatic rings. The van der Waals surface area contributed by atoms with Gasteiger partial charge in [-0.1, -0.05) is 6.07 Å². The van der Waals surface area contributed by atoms with Crippen LogP contribution in [0.2, 0.25) is 0 Å². The summed E-state index contributed by atoms with van der Waals surface area (Å²) in [7, 11) is 0.579. The quantitative estimate of drug-likeness (QED) is 0.486. The second kappa shape index (κ2) is 9.05. The Morgan fingerprint density at radius 2 is 1.91 bits per heavy atom. The van der Waals surface area contributed by atoms with Crippen molar-refractivity contribution in [3.05, 3.63) is 35.5 Å². The Labute approximate surface area is 199 Å². The second-order valence-electron chi connectivity index (χ2n) is 9.61. The zero-order valence-corrected chi connectivity index (χ0v) is 20.2. The highest BCUT2D eigenvalue weighted by molar-refractivity contribution is 6.63. The van der Waals surface area contributed by atoms with Gasteiger partial charge in [0.2, 0.25) is 0 Å². The Morgan fingerprint density at radius 3 is 2.50 bits per heavy atom. The lowest BCUT2D eigenvalue weighted by Gasteiger charge is -2.32. The van der Waals surface area contributed by atoms with E-state index in [0.29, 0.717) is 23.6 Å². The average Bonchev–Trinajstić information content (AvgIpc) is 3.31. The highest BCUT2D eigenvalue weighted by Crippen LogP contribution is 2.37. The van der Waals surface area contributed by atoms with E-state index in [2.05, 4.69) is 10.4 Å². The summed E-state index contributed by atoms with van der Waals surface area (Å²) in [6.07, 6.45) is 3.45. The van der Waals surface area contributed by atoms with Crippen LogP contribution in [0.4, 0.5) is 11.5 Å². The van der Waals surface area contributed by atoms with Gasteiger partial charge in [0.25, 0.3) is 5.91 Å². The minimum Gasteiger partial charge on any atom is -0.465 e. The molecule has 2 aliphatic heterocycles. The molecule has 1 atom stereocenters. The van der Waals surface area contributed by atoms with Gasteiger partial charge in [-0.2, -0.15) is 5.10 Å². The predicted octanol–water partition coefficient (Wildman–Crippen LogP) is 2.16. The van der Waals surface area contributed by atoms with Crippen LogP contribution in [0, 0.1) is 0 Å². The molecule has 0 spiro atoms. The van der Waals surface area contributed by atoms with Gasteiger partial charge in [0.15, 0.2) is 5.82 Å². The zero-order chi connectivity index (χ0) is 24.7. The number of carbonyl (C=O) groups excluding carboxylic acids is 2. The number of methoxy groups -OCH3 is 1. The van der Waals surface area contributed by atoms with Crippen LogP contribution in [0.25, 0.3) is 0 Å². The number of nitrogens with two attached hydrogens (primary N) is 1. The number of aromatic nitrogens is 2. The second-order valence-corrected chi connectivity index (χ2v) is 9.61. The number of esters is 1. The molecule has 0 bridgehead atoms. The molecule has 2 aromatic rings. The first kappa shape index (κ1) is 24.2. The Bertz CT molecular complexity index is 1080. The average molecular weight is 470 g/mol. The number of benzene rings is 1. The molecular weight excluding hydrogens is 439 g/mol. The molecule has 0 radical (unpaired) electrons. The minimum absolute atomic E-state index is 0.0266. The fraction of sp³-hybridized carbons (Fsp3) is 0.522. The molecule has 1 aromatic heterocycles. The Kier molecular flexibility index (Phi) is 6.45. The minimum atomic E-state index is -0.736. The fourth-order valence-electron chi connectivity index (χ4n) is 4.02. The van der Waals surface area contributed by atoms with Crippen LogP contribution in [0.15, 0.2) is 24.4 Å². The van der Waals surface area contributed by atoms with Crippen molar-refractivity contribution in [1.29, 1.82) is 0 Å². The van der Waals surface area contributed by atoms with Gasteiger partial charge in [-0.05, 0) is 58.1 Å². The van der Waals surface area contributed by atoms with Crippen molar-refractivity contribution in [3.63, 3.8) is 0 Å². The van der Waals surface area contributed by atoms with Gasteiger partial charge in [0.1, 0.15) is 5.56 Å². The summed E-state index contributed by atoms with van der Waals surface area (Å²) in [5, 5.41) is 7.66. The lowest BCUT2D eigenvalue weighted by molar-refractivity contribution is 0.00578. The molecule has 0 unspecified atom stereocenters. The third kappa shape index (κ3) is 4.55. The molecule has 182 valence electrons. The summed E-state index contributed by atoms with van der Waals surface area (Å²) < 4.78 is 24.5. The Balaban J connectivity index is 1.65. The van der Waals surface area contributed by atoms with Crippen LogP contribution in [0.3, 0.4) is 0 Å². The molecule has 0 saturated carbocycles. The first-order chi connectivity index (χ1) is 16.0. The molecular formula is C23H31BN4O6. The van der Waals surface area contributed by atoms with E-state index in [9.17, 15) is 9.59 Å². The number of primary amides is 1. The van der Waals surface area contributed by atoms with E-state index < -0.39 is 30.2 Å². The lowest BCUT2D eigenvalue weighted by atomic mass is 9.75. The molecule has 11 heteroatoms. The van der Waals surface area contributed by atoms with Gasteiger partial charge in [0, 0.05) is 18.5 Å². The van der Waals surface area contributed by atoms with E-state index in [1.807, 2.05) is 27.7 Å². The topological polar surface area (TPSA) is 127 Å². The van der Waals surface area contributed by atoms with Crippen molar-refractivity contribution in [2.45, 2.75) is 57.8 Å².